The molecule has 0 aliphatic carbocycles. The lowest BCUT2D eigenvalue weighted by Gasteiger charge is -2.38. The molecule has 0 saturated carbocycles. The average molecular weight is 497 g/mol. The standard InChI is InChI=1S/C21H22ClFN4O5S/c22-15-3-8-18(20(14-15)27(29)30)24-10-12-25(13-11-24)21(28)19-2-1-9-26(19)33(31,32)17-6-4-16(23)5-7-17/h3-8,14,19H,1-2,9-13H2/t19-/m1/s1. The highest BCUT2D eigenvalue weighted by molar-refractivity contribution is 7.89. The van der Waals surface area contributed by atoms with E-state index < -0.39 is 26.8 Å². The monoisotopic (exact) mass is 496 g/mol. The lowest BCUT2D eigenvalue weighted by atomic mass is 10.1. The number of nitrogens with zero attached hydrogens (tertiary/aromatic N) is 4. The van der Waals surface area contributed by atoms with Gasteiger partial charge in [-0.25, -0.2) is 12.8 Å². The molecule has 2 aliphatic rings. The number of nitro groups is 1. The van der Waals surface area contributed by atoms with Crippen LogP contribution in [0.1, 0.15) is 12.8 Å². The second-order valence-corrected chi connectivity index (χ2v) is 10.3. The van der Waals surface area contributed by atoms with E-state index in [1.807, 2.05) is 4.90 Å². The van der Waals surface area contributed by atoms with Gasteiger partial charge in [-0.3, -0.25) is 14.9 Å². The lowest BCUT2D eigenvalue weighted by Crippen LogP contribution is -2.54. The molecular weight excluding hydrogens is 475 g/mol. The van der Waals surface area contributed by atoms with Crippen molar-refractivity contribution in [2.45, 2.75) is 23.8 Å². The summed E-state index contributed by atoms with van der Waals surface area (Å²) in [6.45, 7) is 1.56. The molecular formula is C21H22ClFN4O5S. The minimum atomic E-state index is -3.94. The number of amides is 1. The first-order valence-electron chi connectivity index (χ1n) is 10.4. The molecule has 2 aliphatic heterocycles. The van der Waals surface area contributed by atoms with Crippen LogP contribution in [-0.2, 0) is 14.8 Å². The molecule has 1 atom stereocenters. The molecule has 2 aromatic carbocycles. The smallest absolute Gasteiger partial charge is 0.294 e. The summed E-state index contributed by atoms with van der Waals surface area (Å²) in [5.74, 6) is -0.828. The quantitative estimate of drug-likeness (QED) is 0.465. The zero-order valence-corrected chi connectivity index (χ0v) is 19.1. The van der Waals surface area contributed by atoms with Gasteiger partial charge >= 0.3 is 0 Å². The number of hydrogen-bond donors (Lipinski definition) is 0. The van der Waals surface area contributed by atoms with Crippen LogP contribution in [0.2, 0.25) is 5.02 Å². The largest absolute Gasteiger partial charge is 0.362 e. The summed E-state index contributed by atoms with van der Waals surface area (Å²) in [5.41, 5.74) is 0.326. The van der Waals surface area contributed by atoms with Crippen molar-refractivity contribution < 1.29 is 22.5 Å². The van der Waals surface area contributed by atoms with E-state index in [4.69, 9.17) is 11.6 Å². The van der Waals surface area contributed by atoms with Crippen molar-refractivity contribution in [2.75, 3.05) is 37.6 Å². The number of carbonyl (C=O) groups is 1. The molecule has 176 valence electrons. The van der Waals surface area contributed by atoms with Crippen molar-refractivity contribution in [1.29, 1.82) is 0 Å². The minimum absolute atomic E-state index is 0.0523. The molecule has 0 aromatic heterocycles. The van der Waals surface area contributed by atoms with E-state index in [0.717, 1.165) is 12.1 Å². The maximum atomic E-state index is 13.2. The fourth-order valence-electron chi connectivity index (χ4n) is 4.31. The number of rotatable bonds is 5. The molecule has 0 radical (unpaired) electrons. The van der Waals surface area contributed by atoms with Gasteiger partial charge < -0.3 is 9.80 Å². The summed E-state index contributed by atoms with van der Waals surface area (Å²) in [5, 5.41) is 11.7. The number of halogens is 2. The fraction of sp³-hybridized carbons (Fsp3) is 0.381. The third kappa shape index (κ3) is 4.66. The second-order valence-electron chi connectivity index (χ2n) is 7.93. The Bertz CT molecular complexity index is 1170. The van der Waals surface area contributed by atoms with Crippen LogP contribution in [0.5, 0.6) is 0 Å². The average Bonchev–Trinajstić information content (AvgIpc) is 3.30. The predicted molar refractivity (Wildman–Crippen MR) is 120 cm³/mol. The van der Waals surface area contributed by atoms with Gasteiger partial charge in [0, 0.05) is 43.8 Å². The van der Waals surface area contributed by atoms with Gasteiger partial charge in [0.25, 0.3) is 5.69 Å². The highest BCUT2D eigenvalue weighted by atomic mass is 35.5. The SMILES string of the molecule is O=C([C@H]1CCCN1S(=O)(=O)c1ccc(F)cc1)N1CCN(c2ccc(Cl)cc2[N+](=O)[O-])CC1. The highest BCUT2D eigenvalue weighted by Crippen LogP contribution is 2.32. The Labute approximate surface area is 195 Å². The molecule has 12 heteroatoms. The molecule has 9 nitrogen and oxygen atoms in total. The fourth-order valence-corrected chi connectivity index (χ4v) is 6.12. The third-order valence-corrected chi connectivity index (χ3v) is 8.13. The minimum Gasteiger partial charge on any atom is -0.362 e. The van der Waals surface area contributed by atoms with Crippen molar-refractivity contribution in [3.8, 4) is 0 Å². The summed E-state index contributed by atoms with van der Waals surface area (Å²) in [6.07, 6.45) is 0.954. The number of carbonyl (C=O) groups excluding carboxylic acids is 1. The van der Waals surface area contributed by atoms with Gasteiger partial charge in [-0.15, -0.1) is 0 Å². The lowest BCUT2D eigenvalue weighted by molar-refractivity contribution is -0.384. The number of piperazine rings is 1. The maximum Gasteiger partial charge on any atom is 0.294 e. The van der Waals surface area contributed by atoms with E-state index in [2.05, 4.69) is 0 Å². The van der Waals surface area contributed by atoms with Crippen LogP contribution in [0, 0.1) is 15.9 Å². The van der Waals surface area contributed by atoms with Crippen LogP contribution in [-0.4, -0.2) is 67.2 Å². The Hall–Kier alpha value is -2.76. The molecule has 2 saturated heterocycles. The Kier molecular flexibility index (Phi) is 6.55. The van der Waals surface area contributed by atoms with Crippen LogP contribution in [0.3, 0.4) is 0 Å². The van der Waals surface area contributed by atoms with Crippen LogP contribution >= 0.6 is 11.6 Å². The van der Waals surface area contributed by atoms with Crippen molar-refractivity contribution in [2.24, 2.45) is 0 Å². The Morgan fingerprint density at radius 1 is 1.06 bits per heavy atom. The molecule has 1 amide bonds. The first kappa shape index (κ1) is 23.4. The maximum absolute atomic E-state index is 13.2. The molecule has 0 bridgehead atoms. The van der Waals surface area contributed by atoms with Crippen molar-refractivity contribution in [1.82, 2.24) is 9.21 Å². The summed E-state index contributed by atoms with van der Waals surface area (Å²) >= 11 is 5.89. The second kappa shape index (κ2) is 9.24. The van der Waals surface area contributed by atoms with E-state index >= 15 is 0 Å². The topological polar surface area (TPSA) is 104 Å². The number of nitro benzene ring substituents is 1. The summed E-state index contributed by atoms with van der Waals surface area (Å²) in [7, 11) is -3.94. The van der Waals surface area contributed by atoms with Gasteiger partial charge in [-0.2, -0.15) is 4.31 Å². The Balaban J connectivity index is 1.46. The number of benzene rings is 2. The van der Waals surface area contributed by atoms with Gasteiger partial charge in [0.1, 0.15) is 17.5 Å². The van der Waals surface area contributed by atoms with Gasteiger partial charge in [0.2, 0.25) is 15.9 Å². The zero-order chi connectivity index (χ0) is 23.8. The highest BCUT2D eigenvalue weighted by Gasteiger charge is 2.41. The van der Waals surface area contributed by atoms with Gasteiger partial charge in [0.05, 0.1) is 9.82 Å². The van der Waals surface area contributed by atoms with Crippen LogP contribution < -0.4 is 4.90 Å². The van der Waals surface area contributed by atoms with E-state index in [9.17, 15) is 27.7 Å². The van der Waals surface area contributed by atoms with Crippen LogP contribution in [0.15, 0.2) is 47.4 Å². The van der Waals surface area contributed by atoms with E-state index in [1.54, 1.807) is 17.0 Å². The Morgan fingerprint density at radius 3 is 2.36 bits per heavy atom. The molecule has 2 fully saturated rings. The summed E-state index contributed by atoms with van der Waals surface area (Å²) in [4.78, 5) is 27.5. The third-order valence-electron chi connectivity index (χ3n) is 5.98. The van der Waals surface area contributed by atoms with Crippen LogP contribution in [0.25, 0.3) is 0 Å². The van der Waals surface area contributed by atoms with Crippen molar-refractivity contribution in [3.63, 3.8) is 0 Å². The molecule has 2 aromatic rings. The van der Waals surface area contributed by atoms with Crippen molar-refractivity contribution >= 4 is 38.9 Å². The normalized spacial score (nSPS) is 19.6. The number of anilines is 1. The summed E-state index contributed by atoms with van der Waals surface area (Å²) in [6, 6.07) is 8.19. The van der Waals surface area contributed by atoms with Crippen molar-refractivity contribution in [3.05, 3.63) is 63.4 Å². The van der Waals surface area contributed by atoms with E-state index in [-0.39, 0.29) is 28.1 Å². The number of hydrogen-bond acceptors (Lipinski definition) is 6. The van der Waals surface area contributed by atoms with Crippen LogP contribution in [0.4, 0.5) is 15.8 Å². The predicted octanol–water partition coefficient (Wildman–Crippen LogP) is 2.89. The summed E-state index contributed by atoms with van der Waals surface area (Å²) < 4.78 is 40.5. The van der Waals surface area contributed by atoms with Gasteiger partial charge in [0.15, 0.2) is 0 Å². The number of sulfonamides is 1. The molecule has 0 spiro atoms. The molecule has 0 unspecified atom stereocenters. The molecule has 0 N–H and O–H groups in total. The van der Waals surface area contributed by atoms with Gasteiger partial charge in [-0.1, -0.05) is 11.6 Å². The van der Waals surface area contributed by atoms with E-state index in [1.165, 1.54) is 22.5 Å². The molecule has 33 heavy (non-hydrogen) atoms. The zero-order valence-electron chi connectivity index (χ0n) is 17.6. The van der Waals surface area contributed by atoms with Gasteiger partial charge in [-0.05, 0) is 49.2 Å². The first-order valence-corrected chi connectivity index (χ1v) is 12.3. The van der Waals surface area contributed by atoms with E-state index in [0.29, 0.717) is 44.7 Å². The molecule has 4 rings (SSSR count). The Morgan fingerprint density at radius 2 is 1.73 bits per heavy atom. The molecule has 2 heterocycles. The first-order chi connectivity index (χ1) is 15.7.